The summed E-state index contributed by atoms with van der Waals surface area (Å²) in [5.41, 5.74) is 35.4. The van der Waals surface area contributed by atoms with Gasteiger partial charge in [-0.2, -0.15) is 10.5 Å². The summed E-state index contributed by atoms with van der Waals surface area (Å²) in [7, 11) is 43.3. The molecule has 0 aromatic heterocycles. The second kappa shape index (κ2) is 23.8. The van der Waals surface area contributed by atoms with E-state index in [1.807, 2.05) is 48.5 Å². The smallest absolute Gasteiger partial charge is 0.139 e. The van der Waals surface area contributed by atoms with E-state index in [9.17, 15) is 10.5 Å². The van der Waals surface area contributed by atoms with Crippen molar-refractivity contribution in [3.05, 3.63) is 144 Å². The van der Waals surface area contributed by atoms with Crippen molar-refractivity contribution < 1.29 is 8.78 Å². The van der Waals surface area contributed by atoms with Crippen LogP contribution in [0.4, 0.5) is 42.9 Å². The van der Waals surface area contributed by atoms with E-state index in [1.54, 1.807) is 12.1 Å². The lowest BCUT2D eigenvalue weighted by Gasteiger charge is -2.33. The van der Waals surface area contributed by atoms with Crippen LogP contribution in [0.5, 0.6) is 0 Å². The van der Waals surface area contributed by atoms with Gasteiger partial charge in [0.15, 0.2) is 0 Å². The summed E-state index contributed by atoms with van der Waals surface area (Å²) in [4.78, 5) is 4.39. The van der Waals surface area contributed by atoms with E-state index >= 15 is 8.78 Å². The van der Waals surface area contributed by atoms with Crippen LogP contribution in [0.2, 0.25) is 0 Å². The van der Waals surface area contributed by atoms with E-state index in [0.29, 0.717) is 33.6 Å². The molecule has 0 saturated heterocycles. The Balaban J connectivity index is 1.19. The highest BCUT2D eigenvalue weighted by atomic mass is 19.1. The number of nitrogens with zero attached hydrogens (tertiary/aromatic N) is 4. The van der Waals surface area contributed by atoms with Crippen LogP contribution >= 0.6 is 0 Å². The standard InChI is InChI=1S/C66H60B20F2N4/c67-47-43(48(68)56(76)63(83)55(47)75)31-17-33(45-51(71)59(79)65(85)60(80)52(45)72)39(19-35(31)87)91(27-9-1-23(21-89)2-10-27)37-15-7-25-6-14-30-38(16-8-26-5-13-29(37)41(25)42(26)30)92(28-11-3-24(22-90)4-12-28)40-20-36(88)32(44-49(69)57(77)64(84)58(78)50(44)70)18-34(40)46-53(73)61(81)66(86)62(82)54(46)74/h1-20H,67-86H2. The van der Waals surface area contributed by atoms with Crippen molar-refractivity contribution in [2.45, 2.75) is 0 Å². The van der Waals surface area contributed by atoms with E-state index in [-0.39, 0.29) is 11.6 Å². The largest absolute Gasteiger partial charge is 0.309 e. The summed E-state index contributed by atoms with van der Waals surface area (Å²) in [6.07, 6.45) is 0. The van der Waals surface area contributed by atoms with Crippen molar-refractivity contribution in [2.75, 3.05) is 9.80 Å². The average Bonchev–Trinajstić information content (AvgIpc) is 0.720. The molecule has 418 valence electrons. The van der Waals surface area contributed by atoms with Gasteiger partial charge in [0.1, 0.15) is 169 Å². The lowest BCUT2D eigenvalue weighted by atomic mass is 9.59. The van der Waals surface area contributed by atoms with Gasteiger partial charge in [-0.25, -0.2) is 8.78 Å². The Labute approximate surface area is 558 Å². The molecule has 0 N–H and O–H groups in total. The SMILES string of the molecule is Bc1c(B)c(B)c(-c2cc(-c3c(B)c(B)c(B)c(B)c3B)c(N(c3ccc(C#N)cc3)c3ccc4ccc5c(N(c6ccc(C#N)cc6)c6cc(F)c(-c7c(B)c(B)c(B)c(B)c7B)cc6-c6c(B)c(B)c(B)c(B)c6B)ccc6ccc3c4c65)cc2F)c(B)c1B. The Hall–Kier alpha value is -8.58. The summed E-state index contributed by atoms with van der Waals surface area (Å²) in [6.45, 7) is 0. The number of hydrogen-bond donors (Lipinski definition) is 0. The fraction of sp³-hybridized carbons (Fsp3) is 0. The minimum atomic E-state index is -0.336. The normalized spacial score (nSPS) is 11.3. The van der Waals surface area contributed by atoms with Crippen molar-refractivity contribution in [3.63, 3.8) is 0 Å². The maximum atomic E-state index is 18.3. The van der Waals surface area contributed by atoms with Crippen LogP contribution in [0.1, 0.15) is 11.1 Å². The van der Waals surface area contributed by atoms with Crippen LogP contribution < -0.4 is 119 Å². The van der Waals surface area contributed by atoms with Gasteiger partial charge in [0.05, 0.1) is 46.0 Å². The molecular formula is C66H60B20F2N4. The monoisotopic (exact) mass is 1170 g/mol. The molecule has 0 unspecified atom stereocenters. The molecule has 4 nitrogen and oxygen atoms in total. The lowest BCUT2D eigenvalue weighted by Crippen LogP contribution is -2.55. The van der Waals surface area contributed by atoms with Gasteiger partial charge in [0.25, 0.3) is 0 Å². The molecule has 0 aliphatic carbocycles. The van der Waals surface area contributed by atoms with Crippen molar-refractivity contribution in [2.24, 2.45) is 0 Å². The van der Waals surface area contributed by atoms with Crippen LogP contribution in [0, 0.1) is 34.3 Å². The van der Waals surface area contributed by atoms with E-state index in [0.717, 1.165) is 154 Å². The van der Waals surface area contributed by atoms with Gasteiger partial charge >= 0.3 is 0 Å². The Kier molecular flexibility index (Phi) is 16.5. The van der Waals surface area contributed by atoms with Gasteiger partial charge in [-0.15, -0.1) is 65.6 Å². The fourth-order valence-electron chi connectivity index (χ4n) is 15.2. The Morgan fingerprint density at radius 2 is 0.500 bits per heavy atom. The first-order valence-electron chi connectivity index (χ1n) is 32.0. The molecule has 0 amide bonds. The van der Waals surface area contributed by atoms with E-state index in [1.165, 1.54) is 43.7 Å². The Morgan fingerprint density at radius 1 is 0.261 bits per heavy atom. The highest BCUT2D eigenvalue weighted by molar-refractivity contribution is 6.72. The molecule has 0 spiro atoms. The molecule has 0 heterocycles. The lowest BCUT2D eigenvalue weighted by molar-refractivity contribution is 0.631. The van der Waals surface area contributed by atoms with Gasteiger partial charge in [-0.05, 0) is 129 Å². The highest BCUT2D eigenvalue weighted by Crippen LogP contribution is 2.51. The Bertz CT molecular complexity index is 4860. The van der Waals surface area contributed by atoms with Crippen molar-refractivity contribution in [3.8, 4) is 56.6 Å². The zero-order valence-corrected chi connectivity index (χ0v) is 57.1. The zero-order chi connectivity index (χ0) is 66.1. The third-order valence-corrected chi connectivity index (χ3v) is 22.3. The zero-order valence-electron chi connectivity index (χ0n) is 57.1. The average molecular weight is 1160 g/mol. The van der Waals surface area contributed by atoms with Gasteiger partial charge in [0.2, 0.25) is 0 Å². The second-order valence-corrected chi connectivity index (χ2v) is 26.3. The second-order valence-electron chi connectivity index (χ2n) is 26.3. The first kappa shape index (κ1) is 63.6. The van der Waals surface area contributed by atoms with E-state index in [4.69, 9.17) is 0 Å². The number of hydrogen-bond acceptors (Lipinski definition) is 4. The van der Waals surface area contributed by atoms with Crippen molar-refractivity contribution >= 4 is 333 Å². The number of rotatable bonds is 10. The molecule has 12 aromatic carbocycles. The maximum absolute atomic E-state index is 18.3. The molecule has 26 heteroatoms. The molecule has 12 aromatic rings. The van der Waals surface area contributed by atoms with Gasteiger partial charge in [-0.1, -0.05) is 80.1 Å². The van der Waals surface area contributed by atoms with Crippen molar-refractivity contribution in [1.29, 1.82) is 10.5 Å². The van der Waals surface area contributed by atoms with Crippen LogP contribution in [0.3, 0.4) is 0 Å². The third-order valence-electron chi connectivity index (χ3n) is 22.3. The minimum Gasteiger partial charge on any atom is -0.309 e. The van der Waals surface area contributed by atoms with Crippen LogP contribution in [-0.2, 0) is 0 Å². The molecular weight excluding hydrogens is 1100 g/mol. The first-order chi connectivity index (χ1) is 43.7. The highest BCUT2D eigenvalue weighted by Gasteiger charge is 2.31. The molecule has 0 atom stereocenters. The number of halogens is 2. The molecule has 0 fully saturated rings. The predicted molar refractivity (Wildman–Crippen MR) is 454 cm³/mol. The molecule has 0 aliphatic rings. The number of nitriles is 2. The molecule has 0 aliphatic heterocycles. The maximum Gasteiger partial charge on any atom is 0.139 e. The van der Waals surface area contributed by atoms with E-state index < -0.39 is 0 Å². The predicted octanol–water partition coefficient (Wildman–Crippen LogP) is -16.6. The summed E-state index contributed by atoms with van der Waals surface area (Å²) in [5, 5.41) is 26.4. The van der Waals surface area contributed by atoms with Crippen LogP contribution in [0.15, 0.2) is 121 Å². The Morgan fingerprint density at radius 3 is 0.761 bits per heavy atom. The molecule has 92 heavy (non-hydrogen) atoms. The fourth-order valence-corrected chi connectivity index (χ4v) is 15.2. The van der Waals surface area contributed by atoms with Gasteiger partial charge in [-0.3, -0.25) is 0 Å². The number of anilines is 6. The first-order valence-corrected chi connectivity index (χ1v) is 32.0. The molecule has 0 saturated carbocycles. The van der Waals surface area contributed by atoms with Crippen LogP contribution in [-0.4, -0.2) is 157 Å². The topological polar surface area (TPSA) is 54.1 Å². The van der Waals surface area contributed by atoms with Crippen molar-refractivity contribution in [1.82, 2.24) is 0 Å². The van der Waals surface area contributed by atoms with Gasteiger partial charge < -0.3 is 9.80 Å². The summed E-state index contributed by atoms with van der Waals surface area (Å²) >= 11 is 0. The van der Waals surface area contributed by atoms with E-state index in [2.05, 4.69) is 240 Å². The van der Waals surface area contributed by atoms with Gasteiger partial charge in [0, 0.05) is 44.4 Å². The summed E-state index contributed by atoms with van der Waals surface area (Å²) in [6, 6.07) is 45.0. The molecule has 0 radical (unpaired) electrons. The molecule has 0 bridgehead atoms. The third kappa shape index (κ3) is 9.83. The summed E-state index contributed by atoms with van der Waals surface area (Å²) < 4.78 is 36.6. The quantitative estimate of drug-likeness (QED) is 0.101. The summed E-state index contributed by atoms with van der Waals surface area (Å²) in [5.74, 6) is -0.672. The molecule has 12 rings (SSSR count). The van der Waals surface area contributed by atoms with Crippen LogP contribution in [0.25, 0.3) is 76.8 Å². The number of benzene rings is 12. The minimum absolute atomic E-state index is 0.336.